The largest absolute Gasteiger partial charge is 0.456 e. The highest BCUT2D eigenvalue weighted by atomic mass is 31.2. The third-order valence-corrected chi connectivity index (χ3v) is 8.31. The Kier molecular flexibility index (Phi) is 7.26. The molecule has 0 amide bonds. The summed E-state index contributed by atoms with van der Waals surface area (Å²) in [5.74, 6) is 4.30. The molecule has 1 saturated heterocycles. The van der Waals surface area contributed by atoms with Crippen LogP contribution in [0.4, 0.5) is 4.39 Å². The van der Waals surface area contributed by atoms with E-state index >= 15 is 0 Å². The van der Waals surface area contributed by atoms with E-state index in [0.29, 0.717) is 31.3 Å². The molecule has 35 heavy (non-hydrogen) atoms. The van der Waals surface area contributed by atoms with Crippen molar-refractivity contribution >= 4 is 18.8 Å². The summed E-state index contributed by atoms with van der Waals surface area (Å²) in [6.07, 6.45) is 0. The summed E-state index contributed by atoms with van der Waals surface area (Å²) in [4.78, 5) is 1.33. The van der Waals surface area contributed by atoms with Crippen LogP contribution in [-0.4, -0.2) is 32.8 Å². The topological polar surface area (TPSA) is 52.0 Å². The normalized spacial score (nSPS) is 18.8. The van der Waals surface area contributed by atoms with Crippen molar-refractivity contribution in [3.05, 3.63) is 119 Å². The first-order chi connectivity index (χ1) is 17.1. The summed E-state index contributed by atoms with van der Waals surface area (Å²) < 4.78 is 39.6. The van der Waals surface area contributed by atoms with Crippen molar-refractivity contribution in [2.75, 3.05) is 32.8 Å². The summed E-state index contributed by atoms with van der Waals surface area (Å²) >= 11 is 0. The molecule has 180 valence electrons. The zero-order valence-corrected chi connectivity index (χ0v) is 20.3. The van der Waals surface area contributed by atoms with E-state index in [4.69, 9.17) is 9.47 Å². The number of nitrogens with one attached hydrogen (secondary N) is 2. The number of morpholine rings is 1. The fourth-order valence-electron chi connectivity index (χ4n) is 4.53. The van der Waals surface area contributed by atoms with E-state index in [0.717, 1.165) is 29.8 Å². The standard InChI is InChI=1S/C28H28FN2O3P/c29-25-13-11-22(12-14-25)26(31-15-17-33-18-16-31)19-30-35(32)20-27(23-7-3-1-4-8-23)34-28(21-35)24-9-5-2-6-10-24/h1-14,20-21,26H,15-19H2,(H,30,32)/p+1/t26-/m1/s1. The second kappa shape index (κ2) is 10.7. The molecule has 3 aromatic rings. The van der Waals surface area contributed by atoms with Gasteiger partial charge in [-0.3, -0.25) is 9.65 Å². The van der Waals surface area contributed by atoms with Crippen LogP contribution in [0.1, 0.15) is 22.7 Å². The molecule has 3 aromatic carbocycles. The van der Waals surface area contributed by atoms with Gasteiger partial charge in [-0.05, 0) is 12.1 Å². The quantitative estimate of drug-likeness (QED) is 0.472. The van der Waals surface area contributed by atoms with Crippen LogP contribution in [0.5, 0.6) is 0 Å². The highest BCUT2D eigenvalue weighted by Gasteiger charge is 2.31. The molecule has 0 aliphatic carbocycles. The molecule has 2 heterocycles. The third-order valence-electron chi connectivity index (χ3n) is 6.40. The smallest absolute Gasteiger partial charge is 0.198 e. The van der Waals surface area contributed by atoms with Gasteiger partial charge in [0.2, 0.25) is 0 Å². The van der Waals surface area contributed by atoms with Gasteiger partial charge in [0, 0.05) is 28.3 Å². The maximum atomic E-state index is 14.2. The number of halogens is 1. The molecule has 0 bridgehead atoms. The van der Waals surface area contributed by atoms with Crippen molar-refractivity contribution in [2.24, 2.45) is 0 Å². The molecule has 2 aliphatic heterocycles. The second-order valence-electron chi connectivity index (χ2n) is 8.77. The van der Waals surface area contributed by atoms with E-state index < -0.39 is 7.29 Å². The number of quaternary nitrogens is 1. The first-order valence-corrected chi connectivity index (χ1v) is 13.7. The molecular weight excluding hydrogens is 462 g/mol. The Balaban J connectivity index is 1.46. The third kappa shape index (κ3) is 5.80. The van der Waals surface area contributed by atoms with Crippen molar-refractivity contribution in [1.29, 1.82) is 0 Å². The van der Waals surface area contributed by atoms with Gasteiger partial charge in [0.1, 0.15) is 36.5 Å². The Morgan fingerprint density at radius 1 is 0.829 bits per heavy atom. The number of rotatable bonds is 7. The van der Waals surface area contributed by atoms with Crippen LogP contribution >= 0.6 is 7.29 Å². The van der Waals surface area contributed by atoms with Gasteiger partial charge in [0.25, 0.3) is 0 Å². The minimum atomic E-state index is -3.11. The maximum absolute atomic E-state index is 14.2. The highest BCUT2D eigenvalue weighted by Crippen LogP contribution is 2.53. The van der Waals surface area contributed by atoms with Crippen molar-refractivity contribution in [2.45, 2.75) is 6.04 Å². The van der Waals surface area contributed by atoms with E-state index in [1.807, 2.05) is 72.8 Å². The van der Waals surface area contributed by atoms with Gasteiger partial charge in [-0.15, -0.1) is 0 Å². The summed E-state index contributed by atoms with van der Waals surface area (Å²) in [5, 5.41) is 3.38. The van der Waals surface area contributed by atoms with Gasteiger partial charge < -0.3 is 14.4 Å². The molecule has 0 radical (unpaired) electrons. The zero-order valence-electron chi connectivity index (χ0n) is 19.4. The molecule has 0 aromatic heterocycles. The molecule has 5 rings (SSSR count). The van der Waals surface area contributed by atoms with Crippen LogP contribution in [0.15, 0.2) is 96.6 Å². The average molecular weight is 492 g/mol. The number of hydrogen-bond donors (Lipinski definition) is 2. The van der Waals surface area contributed by atoms with Gasteiger partial charge in [-0.2, -0.15) is 0 Å². The Labute approximate surface area is 205 Å². The molecule has 1 fully saturated rings. The molecule has 7 heteroatoms. The lowest BCUT2D eigenvalue weighted by atomic mass is 10.0. The van der Waals surface area contributed by atoms with E-state index in [9.17, 15) is 8.96 Å². The summed E-state index contributed by atoms with van der Waals surface area (Å²) in [6.45, 7) is 3.50. The molecule has 0 saturated carbocycles. The molecule has 1 atom stereocenters. The average Bonchev–Trinajstić information content (AvgIpc) is 2.91. The Hall–Kier alpha value is -3.02. The summed E-state index contributed by atoms with van der Waals surface area (Å²) in [5.41, 5.74) is 2.74. The first kappa shape index (κ1) is 23.7. The molecule has 0 spiro atoms. The van der Waals surface area contributed by atoms with Crippen LogP contribution in [0.3, 0.4) is 0 Å². The molecular formula is C28H29FN2O3P+. The summed E-state index contributed by atoms with van der Waals surface area (Å²) in [6, 6.07) is 26.0. The van der Waals surface area contributed by atoms with Gasteiger partial charge in [0.15, 0.2) is 7.29 Å². The van der Waals surface area contributed by atoms with Gasteiger partial charge >= 0.3 is 0 Å². The van der Waals surface area contributed by atoms with Crippen LogP contribution in [0.2, 0.25) is 0 Å². The van der Waals surface area contributed by atoms with Crippen molar-refractivity contribution in [3.8, 4) is 0 Å². The van der Waals surface area contributed by atoms with Crippen molar-refractivity contribution < 1.29 is 23.3 Å². The van der Waals surface area contributed by atoms with Gasteiger partial charge in [0.05, 0.1) is 19.8 Å². The maximum Gasteiger partial charge on any atom is 0.198 e. The second-order valence-corrected chi connectivity index (χ2v) is 11.0. The van der Waals surface area contributed by atoms with E-state index in [1.165, 1.54) is 17.0 Å². The van der Waals surface area contributed by atoms with Gasteiger partial charge in [-0.1, -0.05) is 72.8 Å². The highest BCUT2D eigenvalue weighted by molar-refractivity contribution is 7.68. The van der Waals surface area contributed by atoms with E-state index in [2.05, 4.69) is 5.09 Å². The Bertz CT molecular complexity index is 1180. The predicted molar refractivity (Wildman–Crippen MR) is 136 cm³/mol. The number of hydrogen-bond acceptors (Lipinski definition) is 3. The fraction of sp³-hybridized carbons (Fsp3) is 0.214. The van der Waals surface area contributed by atoms with Crippen molar-refractivity contribution in [1.82, 2.24) is 5.09 Å². The predicted octanol–water partition coefficient (Wildman–Crippen LogP) is 4.68. The van der Waals surface area contributed by atoms with E-state index in [1.54, 1.807) is 11.6 Å². The van der Waals surface area contributed by atoms with Gasteiger partial charge in [-0.25, -0.2) is 4.39 Å². The monoisotopic (exact) mass is 491 g/mol. The lowest BCUT2D eigenvalue weighted by Gasteiger charge is -2.33. The fourth-order valence-corrected chi connectivity index (χ4v) is 6.35. The summed E-state index contributed by atoms with van der Waals surface area (Å²) in [7, 11) is -3.11. The molecule has 0 unspecified atom stereocenters. The van der Waals surface area contributed by atoms with Crippen LogP contribution in [0.25, 0.3) is 11.5 Å². The van der Waals surface area contributed by atoms with Crippen molar-refractivity contribution in [3.63, 3.8) is 0 Å². The van der Waals surface area contributed by atoms with Crippen LogP contribution < -0.4 is 9.99 Å². The van der Waals surface area contributed by atoms with Crippen LogP contribution in [0, 0.1) is 5.82 Å². The van der Waals surface area contributed by atoms with Crippen LogP contribution in [-0.2, 0) is 14.0 Å². The lowest BCUT2D eigenvalue weighted by molar-refractivity contribution is -0.937. The number of benzene rings is 3. The SMILES string of the molecule is O=P1(NC[C@H](c2ccc(F)cc2)[NH+]2CCOCC2)C=C(c2ccccc2)OC(c2ccccc2)=C1. The molecule has 2 aliphatic rings. The zero-order chi connectivity index (χ0) is 24.1. The lowest BCUT2D eigenvalue weighted by Crippen LogP contribution is -3.15. The Morgan fingerprint density at radius 3 is 1.91 bits per heavy atom. The first-order valence-electron chi connectivity index (χ1n) is 11.9. The van der Waals surface area contributed by atoms with E-state index in [-0.39, 0.29) is 11.9 Å². The number of ether oxygens (including phenoxy) is 2. The Morgan fingerprint density at radius 2 is 1.37 bits per heavy atom. The minimum Gasteiger partial charge on any atom is -0.456 e. The molecule has 5 nitrogen and oxygen atoms in total. The minimum absolute atomic E-state index is 0.00956. The molecule has 2 N–H and O–H groups in total.